The smallest absolute Gasteiger partial charge is 0.324 e. The molecule has 4 nitrogen and oxygen atoms in total. The number of hydrogen-bond acceptors (Lipinski definition) is 4. The van der Waals surface area contributed by atoms with Crippen molar-refractivity contribution < 1.29 is 17.9 Å². The lowest BCUT2D eigenvalue weighted by Gasteiger charge is -2.14. The molecule has 5 heteroatoms. The van der Waals surface area contributed by atoms with Gasteiger partial charge < -0.3 is 4.74 Å². The van der Waals surface area contributed by atoms with E-state index in [0.717, 1.165) is 31.1 Å². The van der Waals surface area contributed by atoms with Crippen molar-refractivity contribution in [3.05, 3.63) is 11.6 Å². The Bertz CT molecular complexity index is 368. The van der Waals surface area contributed by atoms with Crippen LogP contribution in [0, 0.1) is 0 Å². The fraction of sp³-hybridized carbons (Fsp3) is 0.750. The summed E-state index contributed by atoms with van der Waals surface area (Å²) in [5, 5.41) is -1.07. The molecule has 0 rings (SSSR count). The highest BCUT2D eigenvalue weighted by molar-refractivity contribution is 7.92. The van der Waals surface area contributed by atoms with Gasteiger partial charge in [-0.25, -0.2) is 8.42 Å². The molecule has 0 aromatic rings. The summed E-state index contributed by atoms with van der Waals surface area (Å²) < 4.78 is 27.6. The molecule has 0 aliphatic carbocycles. The highest BCUT2D eigenvalue weighted by atomic mass is 32.2. The zero-order valence-electron chi connectivity index (χ0n) is 11.0. The summed E-state index contributed by atoms with van der Waals surface area (Å²) in [5.74, 6) is -0.675. The van der Waals surface area contributed by atoms with Crippen LogP contribution in [0.1, 0.15) is 39.5 Å². The maximum absolute atomic E-state index is 11.5. The van der Waals surface area contributed by atoms with E-state index in [2.05, 4.69) is 4.74 Å². The Hall–Kier alpha value is -0.840. The summed E-state index contributed by atoms with van der Waals surface area (Å²) in [6.45, 7) is 4.01. The van der Waals surface area contributed by atoms with E-state index in [9.17, 15) is 13.2 Å². The first kappa shape index (κ1) is 16.2. The van der Waals surface area contributed by atoms with E-state index in [1.54, 1.807) is 0 Å². The quantitative estimate of drug-likeness (QED) is 0.521. The van der Waals surface area contributed by atoms with Crippen LogP contribution >= 0.6 is 0 Å². The minimum absolute atomic E-state index is 0.243. The highest BCUT2D eigenvalue weighted by Gasteiger charge is 2.30. The van der Waals surface area contributed by atoms with Gasteiger partial charge in [0.25, 0.3) is 0 Å². The Kier molecular flexibility index (Phi) is 7.11. The molecule has 1 unspecified atom stereocenters. The predicted octanol–water partition coefficient (Wildman–Crippen LogP) is 2.10. The molecule has 0 radical (unpaired) electrons. The number of allylic oxidation sites excluding steroid dienone is 2. The molecule has 1 atom stereocenters. The number of sulfone groups is 1. The third-order valence-electron chi connectivity index (χ3n) is 2.49. The normalized spacial score (nSPS) is 14.5. The van der Waals surface area contributed by atoms with Gasteiger partial charge >= 0.3 is 5.97 Å². The Morgan fingerprint density at radius 3 is 2.29 bits per heavy atom. The number of carbonyl (C=O) groups is 1. The van der Waals surface area contributed by atoms with Crippen LogP contribution in [-0.4, -0.2) is 33.0 Å². The van der Waals surface area contributed by atoms with Gasteiger partial charge in [-0.3, -0.25) is 4.79 Å². The van der Waals surface area contributed by atoms with Gasteiger partial charge in [0.15, 0.2) is 15.1 Å². The molecule has 0 bridgehead atoms. The summed E-state index contributed by atoms with van der Waals surface area (Å²) in [4.78, 5) is 11.5. The molecule has 0 saturated carbocycles. The lowest BCUT2D eigenvalue weighted by atomic mass is 10.0. The number of rotatable bonds is 7. The number of carbonyl (C=O) groups excluding carboxylic acids is 1. The SMILES string of the molecule is CC/C=C(\CCC)CC(C(=O)OC)S(C)(=O)=O. The zero-order valence-corrected chi connectivity index (χ0v) is 11.8. The molecule has 0 heterocycles. The molecule has 0 N–H and O–H groups in total. The largest absolute Gasteiger partial charge is 0.468 e. The maximum atomic E-state index is 11.5. The molecule has 17 heavy (non-hydrogen) atoms. The van der Waals surface area contributed by atoms with Crippen molar-refractivity contribution in [2.24, 2.45) is 0 Å². The lowest BCUT2D eigenvalue weighted by molar-refractivity contribution is -0.140. The van der Waals surface area contributed by atoms with Gasteiger partial charge in [0.1, 0.15) is 0 Å². The van der Waals surface area contributed by atoms with Crippen LogP contribution in [0.2, 0.25) is 0 Å². The van der Waals surface area contributed by atoms with Crippen LogP contribution in [0.15, 0.2) is 11.6 Å². The van der Waals surface area contributed by atoms with Crippen molar-refractivity contribution in [1.29, 1.82) is 0 Å². The number of ether oxygens (including phenoxy) is 1. The Labute approximate surface area is 104 Å². The van der Waals surface area contributed by atoms with Gasteiger partial charge in [0.05, 0.1) is 7.11 Å². The van der Waals surface area contributed by atoms with Crippen LogP contribution < -0.4 is 0 Å². The Balaban J connectivity index is 4.97. The van der Waals surface area contributed by atoms with Crippen LogP contribution in [0.5, 0.6) is 0 Å². The van der Waals surface area contributed by atoms with E-state index in [1.165, 1.54) is 7.11 Å². The van der Waals surface area contributed by atoms with Crippen LogP contribution in [0.25, 0.3) is 0 Å². The lowest BCUT2D eigenvalue weighted by Crippen LogP contribution is -2.31. The Morgan fingerprint density at radius 1 is 1.35 bits per heavy atom. The van der Waals surface area contributed by atoms with Crippen molar-refractivity contribution in [3.8, 4) is 0 Å². The van der Waals surface area contributed by atoms with Crippen molar-refractivity contribution in [1.82, 2.24) is 0 Å². The van der Waals surface area contributed by atoms with Crippen LogP contribution in [0.3, 0.4) is 0 Å². The van der Waals surface area contributed by atoms with Crippen LogP contribution in [-0.2, 0) is 19.4 Å². The fourth-order valence-electron chi connectivity index (χ4n) is 1.68. The highest BCUT2D eigenvalue weighted by Crippen LogP contribution is 2.18. The molecular weight excluding hydrogens is 240 g/mol. The summed E-state index contributed by atoms with van der Waals surface area (Å²) in [6.07, 6.45) is 5.90. The number of methoxy groups -OCH3 is 1. The minimum atomic E-state index is -3.42. The average molecular weight is 262 g/mol. The molecule has 0 fully saturated rings. The second-order valence-corrected chi connectivity index (χ2v) is 6.29. The molecule has 100 valence electrons. The second kappa shape index (κ2) is 7.48. The zero-order chi connectivity index (χ0) is 13.5. The van der Waals surface area contributed by atoms with Gasteiger partial charge in [0, 0.05) is 6.26 Å². The molecule has 0 aromatic heterocycles. The van der Waals surface area contributed by atoms with Crippen molar-refractivity contribution in [3.63, 3.8) is 0 Å². The van der Waals surface area contributed by atoms with Gasteiger partial charge in [-0.05, 0) is 19.3 Å². The van der Waals surface area contributed by atoms with Crippen molar-refractivity contribution in [2.45, 2.75) is 44.8 Å². The van der Waals surface area contributed by atoms with E-state index >= 15 is 0 Å². The molecule has 0 aromatic carbocycles. The minimum Gasteiger partial charge on any atom is -0.468 e. The van der Waals surface area contributed by atoms with Crippen molar-refractivity contribution >= 4 is 15.8 Å². The Morgan fingerprint density at radius 2 is 1.94 bits per heavy atom. The predicted molar refractivity (Wildman–Crippen MR) is 68.5 cm³/mol. The monoisotopic (exact) mass is 262 g/mol. The van der Waals surface area contributed by atoms with E-state index in [-0.39, 0.29) is 6.42 Å². The van der Waals surface area contributed by atoms with E-state index in [1.807, 2.05) is 19.9 Å². The maximum Gasteiger partial charge on any atom is 0.324 e. The van der Waals surface area contributed by atoms with Gasteiger partial charge in [-0.2, -0.15) is 0 Å². The first-order valence-electron chi connectivity index (χ1n) is 5.81. The first-order valence-corrected chi connectivity index (χ1v) is 7.76. The number of hydrogen-bond donors (Lipinski definition) is 0. The summed E-state index contributed by atoms with van der Waals surface area (Å²) in [5.41, 5.74) is 1.01. The van der Waals surface area contributed by atoms with E-state index in [0.29, 0.717) is 0 Å². The second-order valence-electron chi connectivity index (χ2n) is 4.07. The molecule has 0 saturated heterocycles. The standard InChI is InChI=1S/C12H22O4S/c1-5-7-10(8-6-2)9-11(12(13)16-3)17(4,14)15/h7,11H,5-6,8-9H2,1-4H3/b10-7+. The van der Waals surface area contributed by atoms with Crippen molar-refractivity contribution in [2.75, 3.05) is 13.4 Å². The molecule has 0 amide bonds. The average Bonchev–Trinajstić information content (AvgIpc) is 2.23. The van der Waals surface area contributed by atoms with E-state index < -0.39 is 21.1 Å². The first-order chi connectivity index (χ1) is 7.86. The van der Waals surface area contributed by atoms with E-state index in [4.69, 9.17) is 0 Å². The fourth-order valence-corrected chi connectivity index (χ4v) is 2.64. The van der Waals surface area contributed by atoms with Gasteiger partial charge in [0.2, 0.25) is 0 Å². The molecule has 0 aliphatic heterocycles. The van der Waals surface area contributed by atoms with Gasteiger partial charge in [-0.1, -0.05) is 31.9 Å². The molecular formula is C12H22O4S. The summed E-state index contributed by atoms with van der Waals surface area (Å²) >= 11 is 0. The van der Waals surface area contributed by atoms with Crippen LogP contribution in [0.4, 0.5) is 0 Å². The molecule has 0 aliphatic rings. The van der Waals surface area contributed by atoms with Gasteiger partial charge in [-0.15, -0.1) is 0 Å². The topological polar surface area (TPSA) is 60.4 Å². The number of esters is 1. The summed E-state index contributed by atoms with van der Waals surface area (Å²) in [6, 6.07) is 0. The summed E-state index contributed by atoms with van der Waals surface area (Å²) in [7, 11) is -2.21. The third kappa shape index (κ3) is 5.86. The third-order valence-corrected chi connectivity index (χ3v) is 3.89. The molecule has 0 spiro atoms.